The van der Waals surface area contributed by atoms with Gasteiger partial charge in [0, 0.05) is 20.1 Å². The maximum atomic E-state index is 12.5. The van der Waals surface area contributed by atoms with E-state index in [1.165, 1.54) is 20.2 Å². The van der Waals surface area contributed by atoms with Gasteiger partial charge in [-0.05, 0) is 12.1 Å². The molecular formula is C16H18N2O5S. The predicted octanol–water partition coefficient (Wildman–Crippen LogP) is 2.63. The highest BCUT2D eigenvalue weighted by atomic mass is 32.1. The lowest BCUT2D eigenvalue weighted by Gasteiger charge is -2.12. The molecule has 128 valence electrons. The Balaban J connectivity index is 2.18. The summed E-state index contributed by atoms with van der Waals surface area (Å²) < 4.78 is 15.7. The lowest BCUT2D eigenvalue weighted by atomic mass is 10.2. The van der Waals surface area contributed by atoms with E-state index in [4.69, 9.17) is 14.2 Å². The van der Waals surface area contributed by atoms with Gasteiger partial charge in [-0.3, -0.25) is 14.9 Å². The van der Waals surface area contributed by atoms with Crippen molar-refractivity contribution < 1.29 is 23.8 Å². The van der Waals surface area contributed by atoms with Crippen molar-refractivity contribution in [3.8, 4) is 11.5 Å². The van der Waals surface area contributed by atoms with E-state index in [1.54, 1.807) is 25.3 Å². The van der Waals surface area contributed by atoms with E-state index in [0.717, 1.165) is 11.3 Å². The molecule has 2 aromatic rings. The average Bonchev–Trinajstić information content (AvgIpc) is 3.03. The summed E-state index contributed by atoms with van der Waals surface area (Å²) in [5.41, 5.74) is 0.339. The number of carbonyl (C=O) groups is 2. The van der Waals surface area contributed by atoms with Gasteiger partial charge in [0.1, 0.15) is 18.1 Å². The third-order valence-corrected chi connectivity index (χ3v) is 4.07. The van der Waals surface area contributed by atoms with Crippen LogP contribution < -0.4 is 14.8 Å². The highest BCUT2D eigenvalue weighted by Gasteiger charge is 2.16. The van der Waals surface area contributed by atoms with E-state index < -0.39 is 0 Å². The van der Waals surface area contributed by atoms with Crippen molar-refractivity contribution in [3.63, 3.8) is 0 Å². The van der Waals surface area contributed by atoms with Gasteiger partial charge in [-0.2, -0.15) is 0 Å². The van der Waals surface area contributed by atoms with Crippen LogP contribution in [0.5, 0.6) is 11.5 Å². The molecule has 0 aliphatic heterocycles. The lowest BCUT2D eigenvalue weighted by Crippen LogP contribution is -2.15. The van der Waals surface area contributed by atoms with Crippen molar-refractivity contribution in [2.24, 2.45) is 0 Å². The molecule has 0 bridgehead atoms. The summed E-state index contributed by atoms with van der Waals surface area (Å²) >= 11 is 1.12. The van der Waals surface area contributed by atoms with Gasteiger partial charge in [-0.1, -0.05) is 11.3 Å². The van der Waals surface area contributed by atoms with Crippen LogP contribution in [0.3, 0.4) is 0 Å². The van der Waals surface area contributed by atoms with Gasteiger partial charge in [-0.25, -0.2) is 4.98 Å². The Labute approximate surface area is 143 Å². The first kappa shape index (κ1) is 17.9. The Morgan fingerprint density at radius 1 is 1.25 bits per heavy atom. The third-order valence-electron chi connectivity index (χ3n) is 3.05. The first-order chi connectivity index (χ1) is 11.5. The molecule has 7 nitrogen and oxygen atoms in total. The van der Waals surface area contributed by atoms with Gasteiger partial charge in [0.25, 0.3) is 5.91 Å². The van der Waals surface area contributed by atoms with Crippen LogP contribution in [0.25, 0.3) is 0 Å². The number of amides is 1. The smallest absolute Gasteiger partial charge is 0.261 e. The molecule has 0 saturated carbocycles. The molecule has 0 spiro atoms. The summed E-state index contributed by atoms with van der Waals surface area (Å²) in [7, 11) is 3.10. The summed E-state index contributed by atoms with van der Waals surface area (Å²) in [6, 6.07) is 4.91. The van der Waals surface area contributed by atoms with Gasteiger partial charge in [-0.15, -0.1) is 0 Å². The molecular weight excluding hydrogens is 332 g/mol. The Bertz CT molecular complexity index is 729. The number of ether oxygens (including phenoxy) is 3. The van der Waals surface area contributed by atoms with E-state index in [-0.39, 0.29) is 11.7 Å². The number of nitrogens with one attached hydrogen (secondary N) is 1. The summed E-state index contributed by atoms with van der Waals surface area (Å²) in [4.78, 5) is 28.3. The lowest BCUT2D eigenvalue weighted by molar-refractivity contribution is 0.101. The summed E-state index contributed by atoms with van der Waals surface area (Å²) in [5.74, 6) is 0.481. The molecule has 1 aromatic carbocycles. The van der Waals surface area contributed by atoms with Crippen LogP contribution in [-0.4, -0.2) is 44.1 Å². The van der Waals surface area contributed by atoms with Crippen LogP contribution in [0.1, 0.15) is 27.0 Å². The molecule has 0 unspecified atom stereocenters. The molecule has 0 atom stereocenters. The van der Waals surface area contributed by atoms with Crippen molar-refractivity contribution in [3.05, 3.63) is 34.8 Å². The molecule has 0 aliphatic carbocycles. The van der Waals surface area contributed by atoms with Crippen LogP contribution in [0.15, 0.2) is 24.4 Å². The fourth-order valence-electron chi connectivity index (χ4n) is 1.83. The van der Waals surface area contributed by atoms with Gasteiger partial charge in [0.15, 0.2) is 10.9 Å². The van der Waals surface area contributed by atoms with Crippen LogP contribution in [0.4, 0.5) is 5.13 Å². The minimum absolute atomic E-state index is 0.0963. The van der Waals surface area contributed by atoms with Gasteiger partial charge in [0.05, 0.1) is 30.4 Å². The second-order valence-electron chi connectivity index (χ2n) is 4.74. The maximum Gasteiger partial charge on any atom is 0.261 e. The number of hydrogen-bond acceptors (Lipinski definition) is 7. The van der Waals surface area contributed by atoms with Crippen molar-refractivity contribution in [1.82, 2.24) is 4.98 Å². The normalized spacial score (nSPS) is 10.3. The number of nitrogens with zero attached hydrogens (tertiary/aromatic N) is 1. The number of carbonyl (C=O) groups excluding carboxylic acids is 2. The fourth-order valence-corrected chi connectivity index (χ4v) is 2.54. The van der Waals surface area contributed by atoms with Crippen molar-refractivity contribution in [2.75, 3.05) is 32.8 Å². The Kier molecular flexibility index (Phi) is 6.28. The van der Waals surface area contributed by atoms with Crippen LogP contribution >= 0.6 is 11.3 Å². The first-order valence-electron chi connectivity index (χ1n) is 7.13. The van der Waals surface area contributed by atoms with Crippen LogP contribution in [0.2, 0.25) is 0 Å². The Morgan fingerprint density at radius 3 is 2.67 bits per heavy atom. The molecule has 0 radical (unpaired) electrons. The number of Topliss-reactive ketones (excluding diaryl/α,β-unsaturated/α-hetero) is 1. The fraction of sp³-hybridized carbons (Fsp3) is 0.312. The van der Waals surface area contributed by atoms with Crippen LogP contribution in [-0.2, 0) is 4.74 Å². The Morgan fingerprint density at radius 2 is 2.04 bits per heavy atom. The first-order valence-corrected chi connectivity index (χ1v) is 7.94. The zero-order chi connectivity index (χ0) is 17.5. The topological polar surface area (TPSA) is 86.8 Å². The number of anilines is 1. The van der Waals surface area contributed by atoms with Crippen molar-refractivity contribution in [1.29, 1.82) is 0 Å². The minimum Gasteiger partial charge on any atom is -0.497 e. The Hall–Kier alpha value is -2.45. The maximum absolute atomic E-state index is 12.5. The summed E-state index contributed by atoms with van der Waals surface area (Å²) in [6.45, 7) is 2.15. The number of methoxy groups -OCH3 is 2. The highest BCUT2D eigenvalue weighted by Crippen LogP contribution is 2.27. The zero-order valence-electron chi connectivity index (χ0n) is 13.6. The quantitative estimate of drug-likeness (QED) is 0.582. The zero-order valence-corrected chi connectivity index (χ0v) is 14.4. The third kappa shape index (κ3) is 4.53. The summed E-state index contributed by atoms with van der Waals surface area (Å²) in [5, 5.41) is 3.02. The molecule has 1 N–H and O–H groups in total. The molecule has 1 amide bonds. The molecule has 24 heavy (non-hydrogen) atoms. The van der Waals surface area contributed by atoms with Crippen LogP contribution in [0, 0.1) is 0 Å². The van der Waals surface area contributed by atoms with Gasteiger partial charge in [0.2, 0.25) is 0 Å². The largest absolute Gasteiger partial charge is 0.497 e. The van der Waals surface area contributed by atoms with E-state index in [1.807, 2.05) is 0 Å². The molecule has 0 saturated heterocycles. The number of aromatic nitrogens is 1. The second-order valence-corrected chi connectivity index (χ2v) is 5.77. The van der Waals surface area contributed by atoms with Crippen molar-refractivity contribution >= 4 is 28.2 Å². The van der Waals surface area contributed by atoms with Gasteiger partial charge < -0.3 is 14.2 Å². The monoisotopic (exact) mass is 350 g/mol. The SMILES string of the molecule is COCCOc1cc(OC)ccc1C(=O)Nc1ncc(C(C)=O)s1. The molecule has 1 heterocycles. The minimum atomic E-state index is -0.380. The molecule has 1 aromatic heterocycles. The number of thiazole rings is 1. The highest BCUT2D eigenvalue weighted by molar-refractivity contribution is 7.17. The standard InChI is InChI=1S/C16H18N2O5S/c1-10(19)14-9-17-16(24-14)18-15(20)12-5-4-11(22-3)8-13(12)23-7-6-21-2/h4-5,8-9H,6-7H2,1-3H3,(H,17,18,20). The molecule has 0 fully saturated rings. The van der Waals surface area contributed by atoms with E-state index >= 15 is 0 Å². The van der Waals surface area contributed by atoms with E-state index in [0.29, 0.717) is 40.3 Å². The number of benzene rings is 1. The summed E-state index contributed by atoms with van der Waals surface area (Å²) in [6.07, 6.45) is 1.44. The molecule has 2 rings (SSSR count). The number of hydrogen-bond donors (Lipinski definition) is 1. The van der Waals surface area contributed by atoms with E-state index in [9.17, 15) is 9.59 Å². The molecule has 0 aliphatic rings. The number of ketones is 1. The van der Waals surface area contributed by atoms with Gasteiger partial charge >= 0.3 is 0 Å². The van der Waals surface area contributed by atoms with Crippen molar-refractivity contribution in [2.45, 2.75) is 6.92 Å². The number of rotatable bonds is 8. The molecule has 8 heteroatoms. The second kappa shape index (κ2) is 8.42. The average molecular weight is 350 g/mol. The predicted molar refractivity (Wildman–Crippen MR) is 90.4 cm³/mol. The van der Waals surface area contributed by atoms with E-state index in [2.05, 4.69) is 10.3 Å².